The van der Waals surface area contributed by atoms with Gasteiger partial charge >= 0.3 is 0 Å². The molecular formula is C15H20Cl3N3O2S. The third-order valence-corrected chi connectivity index (χ3v) is 5.09. The maximum atomic E-state index is 12.5. The highest BCUT2D eigenvalue weighted by Crippen LogP contribution is 2.29. The van der Waals surface area contributed by atoms with Crippen LogP contribution in [0.15, 0.2) is 18.2 Å². The molecule has 0 aliphatic carbocycles. The van der Waals surface area contributed by atoms with Crippen LogP contribution in [-0.2, 0) is 9.59 Å². The average molecular weight is 413 g/mol. The molecule has 2 amide bonds. The minimum atomic E-state index is -0.589. The van der Waals surface area contributed by atoms with Gasteiger partial charge in [-0.05, 0) is 43.0 Å². The molecule has 1 aromatic rings. The largest absolute Gasteiger partial charge is 0.343 e. The molecule has 0 radical (unpaired) electrons. The number of nitrogens with zero attached hydrogens (tertiary/aromatic N) is 1. The van der Waals surface area contributed by atoms with E-state index in [1.54, 1.807) is 34.9 Å². The Morgan fingerprint density at radius 1 is 1.46 bits per heavy atom. The van der Waals surface area contributed by atoms with Crippen LogP contribution in [0.5, 0.6) is 0 Å². The molecule has 134 valence electrons. The Balaban J connectivity index is 0.00000288. The summed E-state index contributed by atoms with van der Waals surface area (Å²) in [4.78, 5) is 26.1. The molecule has 9 heteroatoms. The topological polar surface area (TPSA) is 75.4 Å². The quantitative estimate of drug-likeness (QED) is 0.753. The van der Waals surface area contributed by atoms with Crippen molar-refractivity contribution in [1.82, 2.24) is 5.32 Å². The Morgan fingerprint density at radius 3 is 2.79 bits per heavy atom. The third kappa shape index (κ3) is 5.17. The number of rotatable bonds is 6. The van der Waals surface area contributed by atoms with E-state index in [9.17, 15) is 9.59 Å². The summed E-state index contributed by atoms with van der Waals surface area (Å²) in [6, 6.07) is 3.90. The maximum Gasteiger partial charge on any atom is 0.249 e. The fraction of sp³-hybridized carbons (Fsp3) is 0.467. The summed E-state index contributed by atoms with van der Waals surface area (Å²) in [6.07, 6.45) is 3.09. The number of nitrogens with one attached hydrogen (secondary N) is 1. The Bertz CT molecular complexity index is 603. The standard InChI is InChI=1S/C15H19Cl2N3O2S.ClH/c1-23-7-5-12(18)14(21)19-13-4-6-20(15(13)22)9-2-3-10(16)11(17)8-9;/h2-3,8,12-13H,4-7,18H2,1H3,(H,19,21);1H. The fourth-order valence-corrected chi connectivity index (χ4v) is 3.16. The van der Waals surface area contributed by atoms with E-state index in [1.165, 1.54) is 0 Å². The molecule has 3 N–H and O–H groups in total. The number of carbonyl (C=O) groups excluding carboxylic acids is 2. The van der Waals surface area contributed by atoms with Gasteiger partial charge in [-0.25, -0.2) is 0 Å². The number of hydrogen-bond acceptors (Lipinski definition) is 4. The summed E-state index contributed by atoms with van der Waals surface area (Å²) in [5, 5.41) is 3.57. The Kier molecular flexibility index (Phi) is 8.67. The van der Waals surface area contributed by atoms with Crippen molar-refractivity contribution < 1.29 is 9.59 Å². The lowest BCUT2D eigenvalue weighted by Gasteiger charge is -2.19. The fourth-order valence-electron chi connectivity index (χ4n) is 2.38. The third-order valence-electron chi connectivity index (χ3n) is 3.71. The van der Waals surface area contributed by atoms with Gasteiger partial charge in [0.15, 0.2) is 0 Å². The molecule has 0 bridgehead atoms. The van der Waals surface area contributed by atoms with Crippen molar-refractivity contribution in [2.24, 2.45) is 5.73 Å². The van der Waals surface area contributed by atoms with Crippen molar-refractivity contribution in [1.29, 1.82) is 0 Å². The van der Waals surface area contributed by atoms with Gasteiger partial charge in [-0.1, -0.05) is 23.2 Å². The van der Waals surface area contributed by atoms with Gasteiger partial charge in [0.05, 0.1) is 16.1 Å². The van der Waals surface area contributed by atoms with Crippen LogP contribution in [0.25, 0.3) is 0 Å². The summed E-state index contributed by atoms with van der Waals surface area (Å²) >= 11 is 13.5. The summed E-state index contributed by atoms with van der Waals surface area (Å²) in [6.45, 7) is 0.516. The lowest BCUT2D eigenvalue weighted by atomic mass is 10.2. The maximum absolute atomic E-state index is 12.5. The number of thioether (sulfide) groups is 1. The molecule has 1 heterocycles. The highest BCUT2D eigenvalue weighted by Gasteiger charge is 2.34. The smallest absolute Gasteiger partial charge is 0.249 e. The Labute approximate surface area is 162 Å². The van der Waals surface area contributed by atoms with E-state index in [1.807, 2.05) is 6.26 Å². The zero-order valence-corrected chi connectivity index (χ0v) is 16.3. The van der Waals surface area contributed by atoms with E-state index in [0.717, 1.165) is 5.75 Å². The molecule has 1 aliphatic heterocycles. The van der Waals surface area contributed by atoms with Crippen molar-refractivity contribution in [3.63, 3.8) is 0 Å². The lowest BCUT2D eigenvalue weighted by molar-refractivity contribution is -0.127. The first-order chi connectivity index (χ1) is 10.9. The van der Waals surface area contributed by atoms with Gasteiger partial charge in [0.2, 0.25) is 11.8 Å². The lowest BCUT2D eigenvalue weighted by Crippen LogP contribution is -2.48. The highest BCUT2D eigenvalue weighted by molar-refractivity contribution is 7.98. The van der Waals surface area contributed by atoms with Crippen molar-refractivity contribution in [2.75, 3.05) is 23.5 Å². The molecule has 2 rings (SSSR count). The SMILES string of the molecule is CSCCC(N)C(=O)NC1CCN(c2ccc(Cl)c(Cl)c2)C1=O.Cl. The van der Waals surface area contributed by atoms with Gasteiger partial charge in [0, 0.05) is 12.2 Å². The van der Waals surface area contributed by atoms with E-state index < -0.39 is 12.1 Å². The molecule has 1 aromatic carbocycles. The second-order valence-corrected chi connectivity index (χ2v) is 7.13. The molecule has 0 spiro atoms. The first-order valence-corrected chi connectivity index (χ1v) is 9.40. The zero-order valence-electron chi connectivity index (χ0n) is 13.1. The summed E-state index contributed by atoms with van der Waals surface area (Å²) in [5.74, 6) is 0.366. The summed E-state index contributed by atoms with van der Waals surface area (Å²) in [7, 11) is 0. The van der Waals surface area contributed by atoms with Gasteiger partial charge in [-0.15, -0.1) is 12.4 Å². The molecule has 1 aliphatic rings. The normalized spacial score (nSPS) is 18.2. The van der Waals surface area contributed by atoms with Gasteiger partial charge in [0.1, 0.15) is 6.04 Å². The molecule has 2 atom stereocenters. The Morgan fingerprint density at radius 2 is 2.17 bits per heavy atom. The van der Waals surface area contributed by atoms with Crippen LogP contribution < -0.4 is 16.0 Å². The van der Waals surface area contributed by atoms with Crippen LogP contribution >= 0.6 is 47.4 Å². The second kappa shape index (κ2) is 9.73. The minimum absolute atomic E-state index is 0. The second-order valence-electron chi connectivity index (χ2n) is 5.33. The number of halogens is 3. The number of carbonyl (C=O) groups is 2. The predicted molar refractivity (Wildman–Crippen MR) is 104 cm³/mol. The number of hydrogen-bond donors (Lipinski definition) is 2. The van der Waals surface area contributed by atoms with E-state index >= 15 is 0 Å². The van der Waals surface area contributed by atoms with Crippen LogP contribution in [0.1, 0.15) is 12.8 Å². The Hall–Kier alpha value is -0.660. The molecule has 0 saturated carbocycles. The van der Waals surface area contributed by atoms with E-state index in [2.05, 4.69) is 5.32 Å². The number of nitrogens with two attached hydrogens (primary N) is 1. The minimum Gasteiger partial charge on any atom is -0.343 e. The van der Waals surface area contributed by atoms with Gasteiger partial charge in [0.25, 0.3) is 0 Å². The predicted octanol–water partition coefficient (Wildman–Crippen LogP) is 2.72. The first kappa shape index (κ1) is 21.4. The molecule has 0 aromatic heterocycles. The van der Waals surface area contributed by atoms with Crippen LogP contribution in [0, 0.1) is 0 Å². The molecule has 1 fully saturated rings. The van der Waals surface area contributed by atoms with Crippen LogP contribution in [0.4, 0.5) is 5.69 Å². The highest BCUT2D eigenvalue weighted by atomic mass is 35.5. The molecule has 2 unspecified atom stereocenters. The molecule has 1 saturated heterocycles. The first-order valence-electron chi connectivity index (χ1n) is 7.25. The van der Waals surface area contributed by atoms with E-state index in [-0.39, 0.29) is 24.2 Å². The van der Waals surface area contributed by atoms with Crippen molar-refractivity contribution in [3.8, 4) is 0 Å². The van der Waals surface area contributed by atoms with E-state index in [0.29, 0.717) is 35.1 Å². The zero-order chi connectivity index (χ0) is 17.0. The van der Waals surface area contributed by atoms with Gasteiger partial charge in [-0.3, -0.25) is 9.59 Å². The van der Waals surface area contributed by atoms with Crippen molar-refractivity contribution in [3.05, 3.63) is 28.2 Å². The van der Waals surface area contributed by atoms with Gasteiger partial charge in [-0.2, -0.15) is 11.8 Å². The summed E-state index contributed by atoms with van der Waals surface area (Å²) < 4.78 is 0. The van der Waals surface area contributed by atoms with Gasteiger partial charge < -0.3 is 16.0 Å². The van der Waals surface area contributed by atoms with Crippen LogP contribution in [0.3, 0.4) is 0 Å². The molecule has 24 heavy (non-hydrogen) atoms. The van der Waals surface area contributed by atoms with Crippen LogP contribution in [0.2, 0.25) is 10.0 Å². The number of benzene rings is 1. The average Bonchev–Trinajstić information content (AvgIpc) is 2.88. The number of amides is 2. The van der Waals surface area contributed by atoms with Crippen molar-refractivity contribution >= 4 is 64.9 Å². The molecular weight excluding hydrogens is 393 g/mol. The monoisotopic (exact) mass is 411 g/mol. The van der Waals surface area contributed by atoms with Crippen LogP contribution in [-0.4, -0.2) is 42.5 Å². The number of anilines is 1. The molecule has 5 nitrogen and oxygen atoms in total. The summed E-state index contributed by atoms with van der Waals surface area (Å²) in [5.41, 5.74) is 6.50. The van der Waals surface area contributed by atoms with Crippen molar-refractivity contribution in [2.45, 2.75) is 24.9 Å². The van der Waals surface area contributed by atoms with E-state index in [4.69, 9.17) is 28.9 Å².